The molecule has 7 nitrogen and oxygen atoms in total. The SMILES string of the molecule is C=CCOC(=O)C1=C(C)N(C)C(C)=C(C(=O)OCC=C)C1c1ccc(C(=O)OC)cc1. The number of nitrogens with zero attached hydrogens (tertiary/aromatic N) is 1. The van der Waals surface area contributed by atoms with Crippen LogP contribution in [0, 0.1) is 0 Å². The Balaban J connectivity index is 2.65. The van der Waals surface area contributed by atoms with Crippen molar-refractivity contribution in [3.05, 3.63) is 83.2 Å². The van der Waals surface area contributed by atoms with Crippen LogP contribution in [0.5, 0.6) is 0 Å². The number of benzene rings is 1. The lowest BCUT2D eigenvalue weighted by atomic mass is 9.79. The van der Waals surface area contributed by atoms with Crippen molar-refractivity contribution in [2.45, 2.75) is 19.8 Å². The van der Waals surface area contributed by atoms with Gasteiger partial charge >= 0.3 is 17.9 Å². The molecule has 0 aliphatic carbocycles. The van der Waals surface area contributed by atoms with Crippen LogP contribution >= 0.6 is 0 Å². The maximum Gasteiger partial charge on any atom is 0.337 e. The average Bonchev–Trinajstić information content (AvgIpc) is 2.78. The fourth-order valence-electron chi connectivity index (χ4n) is 3.39. The average molecular weight is 425 g/mol. The van der Waals surface area contributed by atoms with Crippen LogP contribution in [0.1, 0.15) is 35.7 Å². The van der Waals surface area contributed by atoms with Gasteiger partial charge in [0.05, 0.1) is 29.7 Å². The molecule has 1 aliphatic heterocycles. The monoisotopic (exact) mass is 425 g/mol. The summed E-state index contributed by atoms with van der Waals surface area (Å²) in [5.74, 6) is -2.34. The van der Waals surface area contributed by atoms with Crippen LogP contribution in [0.25, 0.3) is 0 Å². The molecule has 0 fully saturated rings. The van der Waals surface area contributed by atoms with Crippen molar-refractivity contribution in [3.63, 3.8) is 0 Å². The number of allylic oxidation sites excluding steroid dienone is 2. The summed E-state index contributed by atoms with van der Waals surface area (Å²) in [6, 6.07) is 6.54. The van der Waals surface area contributed by atoms with Crippen molar-refractivity contribution in [1.29, 1.82) is 0 Å². The van der Waals surface area contributed by atoms with Crippen LogP contribution in [0.4, 0.5) is 0 Å². The van der Waals surface area contributed by atoms with Crippen LogP contribution in [0.3, 0.4) is 0 Å². The number of hydrogen-bond acceptors (Lipinski definition) is 7. The fourth-order valence-corrected chi connectivity index (χ4v) is 3.39. The van der Waals surface area contributed by atoms with E-state index >= 15 is 0 Å². The largest absolute Gasteiger partial charge is 0.465 e. The molecule has 0 unspecified atom stereocenters. The van der Waals surface area contributed by atoms with Crippen LogP contribution in [0.2, 0.25) is 0 Å². The van der Waals surface area contributed by atoms with Crippen molar-refractivity contribution >= 4 is 17.9 Å². The zero-order valence-electron chi connectivity index (χ0n) is 18.3. The molecule has 0 radical (unpaired) electrons. The second-order valence-corrected chi connectivity index (χ2v) is 6.88. The van der Waals surface area contributed by atoms with E-state index in [0.29, 0.717) is 33.7 Å². The molecule has 1 aliphatic rings. The molecule has 0 atom stereocenters. The van der Waals surface area contributed by atoms with Crippen LogP contribution in [0.15, 0.2) is 72.1 Å². The zero-order chi connectivity index (χ0) is 23.1. The van der Waals surface area contributed by atoms with Gasteiger partial charge in [-0.3, -0.25) is 0 Å². The summed E-state index contributed by atoms with van der Waals surface area (Å²) in [6.45, 7) is 10.8. The predicted molar refractivity (Wildman–Crippen MR) is 116 cm³/mol. The van der Waals surface area contributed by atoms with Gasteiger partial charge in [0.2, 0.25) is 0 Å². The molecule has 2 rings (SSSR count). The molecular weight excluding hydrogens is 398 g/mol. The van der Waals surface area contributed by atoms with E-state index in [9.17, 15) is 14.4 Å². The van der Waals surface area contributed by atoms with E-state index < -0.39 is 23.8 Å². The third-order valence-electron chi connectivity index (χ3n) is 5.13. The van der Waals surface area contributed by atoms with Crippen molar-refractivity contribution in [1.82, 2.24) is 4.90 Å². The van der Waals surface area contributed by atoms with E-state index in [0.717, 1.165) is 0 Å². The second kappa shape index (κ2) is 10.4. The predicted octanol–water partition coefficient (Wildman–Crippen LogP) is 3.51. The van der Waals surface area contributed by atoms with Gasteiger partial charge in [0.15, 0.2) is 0 Å². The summed E-state index contributed by atoms with van der Waals surface area (Å²) >= 11 is 0. The Morgan fingerprint density at radius 1 is 0.903 bits per heavy atom. The third-order valence-corrected chi connectivity index (χ3v) is 5.13. The highest BCUT2D eigenvalue weighted by molar-refractivity contribution is 6.00. The molecule has 0 saturated carbocycles. The Morgan fingerprint density at radius 2 is 1.35 bits per heavy atom. The topological polar surface area (TPSA) is 82.1 Å². The molecule has 0 N–H and O–H groups in total. The minimum Gasteiger partial charge on any atom is -0.465 e. The number of carbonyl (C=O) groups excluding carboxylic acids is 3. The summed E-state index contributed by atoms with van der Waals surface area (Å²) in [4.78, 5) is 39.5. The van der Waals surface area contributed by atoms with Crippen molar-refractivity contribution in [2.75, 3.05) is 27.4 Å². The van der Waals surface area contributed by atoms with Crippen molar-refractivity contribution in [2.24, 2.45) is 0 Å². The number of rotatable bonds is 8. The quantitative estimate of drug-likeness (QED) is 0.358. The first-order valence-corrected chi connectivity index (χ1v) is 9.68. The number of hydrogen-bond donors (Lipinski definition) is 0. The van der Waals surface area contributed by atoms with Gasteiger partial charge in [-0.15, -0.1) is 0 Å². The molecule has 1 aromatic rings. The van der Waals surface area contributed by atoms with E-state index in [-0.39, 0.29) is 13.2 Å². The van der Waals surface area contributed by atoms with Gasteiger partial charge in [-0.05, 0) is 31.5 Å². The van der Waals surface area contributed by atoms with E-state index in [4.69, 9.17) is 14.2 Å². The van der Waals surface area contributed by atoms with Gasteiger partial charge in [-0.2, -0.15) is 0 Å². The lowest BCUT2D eigenvalue weighted by Crippen LogP contribution is -2.33. The maximum atomic E-state index is 13.0. The first kappa shape index (κ1) is 23.7. The molecule has 0 spiro atoms. The normalized spacial score (nSPS) is 14.3. The van der Waals surface area contributed by atoms with Gasteiger partial charge in [0.1, 0.15) is 13.2 Å². The molecule has 0 aromatic heterocycles. The Labute approximate surface area is 182 Å². The molecule has 0 saturated heterocycles. The maximum absolute atomic E-state index is 13.0. The Morgan fingerprint density at radius 3 is 1.74 bits per heavy atom. The van der Waals surface area contributed by atoms with Crippen LogP contribution < -0.4 is 0 Å². The van der Waals surface area contributed by atoms with Gasteiger partial charge < -0.3 is 19.1 Å². The molecular formula is C24H27NO6. The van der Waals surface area contributed by atoms with E-state index in [2.05, 4.69) is 13.2 Å². The highest BCUT2D eigenvalue weighted by Crippen LogP contribution is 2.42. The Hall–Kier alpha value is -3.61. The molecule has 1 aromatic carbocycles. The summed E-state index contributed by atoms with van der Waals surface area (Å²) in [7, 11) is 3.07. The van der Waals surface area contributed by atoms with Crippen LogP contribution in [-0.4, -0.2) is 50.2 Å². The zero-order valence-corrected chi connectivity index (χ0v) is 18.3. The summed E-state index contributed by atoms with van der Waals surface area (Å²) < 4.78 is 15.4. The van der Waals surface area contributed by atoms with Gasteiger partial charge in [0.25, 0.3) is 0 Å². The molecule has 0 amide bonds. The number of methoxy groups -OCH3 is 1. The highest BCUT2D eigenvalue weighted by atomic mass is 16.5. The van der Waals surface area contributed by atoms with E-state index in [1.807, 2.05) is 0 Å². The smallest absolute Gasteiger partial charge is 0.337 e. The molecule has 31 heavy (non-hydrogen) atoms. The summed E-state index contributed by atoms with van der Waals surface area (Å²) in [6.07, 6.45) is 2.95. The van der Waals surface area contributed by atoms with E-state index in [1.165, 1.54) is 19.3 Å². The molecule has 1 heterocycles. The number of esters is 3. The lowest BCUT2D eigenvalue weighted by Gasteiger charge is -2.35. The van der Waals surface area contributed by atoms with Gasteiger partial charge in [0, 0.05) is 18.4 Å². The number of ether oxygens (including phenoxy) is 3. The van der Waals surface area contributed by atoms with Crippen molar-refractivity contribution in [3.8, 4) is 0 Å². The minimum atomic E-state index is -0.738. The third kappa shape index (κ3) is 4.94. The second-order valence-electron chi connectivity index (χ2n) is 6.88. The number of carbonyl (C=O) groups is 3. The highest BCUT2D eigenvalue weighted by Gasteiger charge is 2.39. The standard InChI is InChI=1S/C24H27NO6/c1-7-13-30-23(27)19-15(3)25(5)16(4)20(24(28)31-14-8-2)21(19)17-9-11-18(12-10-17)22(26)29-6/h7-12,21H,1-2,13-14H2,3-6H3. The molecule has 0 bridgehead atoms. The van der Waals surface area contributed by atoms with Gasteiger partial charge in [-0.1, -0.05) is 37.4 Å². The first-order valence-electron chi connectivity index (χ1n) is 9.68. The Bertz CT molecular complexity index is 907. The summed E-state index contributed by atoms with van der Waals surface area (Å²) in [5.41, 5.74) is 2.91. The molecule has 164 valence electrons. The lowest BCUT2D eigenvalue weighted by molar-refractivity contribution is -0.139. The van der Waals surface area contributed by atoms with Crippen molar-refractivity contribution < 1.29 is 28.6 Å². The van der Waals surface area contributed by atoms with E-state index in [1.54, 1.807) is 50.1 Å². The van der Waals surface area contributed by atoms with Gasteiger partial charge in [-0.25, -0.2) is 14.4 Å². The summed E-state index contributed by atoms with van der Waals surface area (Å²) in [5, 5.41) is 0. The first-order chi connectivity index (χ1) is 14.8. The van der Waals surface area contributed by atoms with Crippen LogP contribution in [-0.2, 0) is 23.8 Å². The Kier molecular flexibility index (Phi) is 7.96. The molecule has 7 heteroatoms. The minimum absolute atomic E-state index is 0.0340. The fraction of sp³-hybridized carbons (Fsp3) is 0.292.